The lowest BCUT2D eigenvalue weighted by Gasteiger charge is -2.36. The van der Waals surface area contributed by atoms with Crippen LogP contribution < -0.4 is 5.32 Å². The van der Waals surface area contributed by atoms with Gasteiger partial charge < -0.3 is 5.32 Å². The van der Waals surface area contributed by atoms with Crippen molar-refractivity contribution in [2.24, 2.45) is 0 Å². The monoisotopic (exact) mass is 321 g/mol. The van der Waals surface area contributed by atoms with E-state index in [1.165, 1.54) is 5.56 Å². The zero-order valence-electron chi connectivity index (χ0n) is 11.6. The van der Waals surface area contributed by atoms with Crippen LogP contribution in [0.15, 0.2) is 42.7 Å². The molecule has 0 radical (unpaired) electrons. The van der Waals surface area contributed by atoms with Crippen LogP contribution in [0.2, 0.25) is 10.0 Å². The van der Waals surface area contributed by atoms with Crippen LogP contribution in [0.25, 0.3) is 0 Å². The molecule has 1 N–H and O–H groups in total. The van der Waals surface area contributed by atoms with Gasteiger partial charge in [0.1, 0.15) is 0 Å². The molecule has 1 aromatic heterocycles. The van der Waals surface area contributed by atoms with E-state index in [9.17, 15) is 0 Å². The largest absolute Gasteiger partial charge is 0.314 e. The van der Waals surface area contributed by atoms with E-state index in [1.807, 2.05) is 24.3 Å². The number of piperazine rings is 1. The molecule has 1 aromatic carbocycles. The molecule has 1 aliphatic rings. The number of hydrogen-bond acceptors (Lipinski definition) is 3. The molecular formula is C16H17Cl2N3. The maximum atomic E-state index is 6.24. The smallest absolute Gasteiger partial charge is 0.0634 e. The van der Waals surface area contributed by atoms with Gasteiger partial charge in [-0.1, -0.05) is 35.3 Å². The number of pyridine rings is 1. The van der Waals surface area contributed by atoms with Gasteiger partial charge in [0.05, 0.1) is 5.02 Å². The highest BCUT2D eigenvalue weighted by atomic mass is 35.5. The minimum Gasteiger partial charge on any atom is -0.314 e. The van der Waals surface area contributed by atoms with Crippen molar-refractivity contribution in [3.05, 3.63) is 63.9 Å². The fraction of sp³-hybridized carbons (Fsp3) is 0.312. The van der Waals surface area contributed by atoms with E-state index in [1.54, 1.807) is 12.4 Å². The van der Waals surface area contributed by atoms with Crippen LogP contribution in [0.4, 0.5) is 0 Å². The lowest BCUT2D eigenvalue weighted by molar-refractivity contribution is 0.154. The van der Waals surface area contributed by atoms with Crippen molar-refractivity contribution >= 4 is 23.2 Å². The first-order chi connectivity index (χ1) is 10.2. The van der Waals surface area contributed by atoms with E-state index >= 15 is 0 Å². The number of nitrogens with zero attached hydrogens (tertiary/aromatic N) is 2. The number of benzene rings is 1. The molecule has 0 amide bonds. The van der Waals surface area contributed by atoms with Crippen LogP contribution >= 0.6 is 23.2 Å². The van der Waals surface area contributed by atoms with Gasteiger partial charge in [-0.15, -0.1) is 0 Å². The number of nitrogens with one attached hydrogen (secondary N) is 1. The summed E-state index contributed by atoms with van der Waals surface area (Å²) >= 11 is 12.4. The molecule has 0 aliphatic carbocycles. The summed E-state index contributed by atoms with van der Waals surface area (Å²) in [5, 5.41) is 4.95. The highest BCUT2D eigenvalue weighted by Crippen LogP contribution is 2.27. The van der Waals surface area contributed by atoms with Gasteiger partial charge in [-0.25, -0.2) is 0 Å². The molecule has 0 bridgehead atoms. The molecule has 0 saturated carbocycles. The fourth-order valence-electron chi connectivity index (χ4n) is 2.73. The number of rotatable bonds is 3. The van der Waals surface area contributed by atoms with Gasteiger partial charge in [0, 0.05) is 49.6 Å². The second-order valence-corrected chi connectivity index (χ2v) is 6.06. The quantitative estimate of drug-likeness (QED) is 0.937. The summed E-state index contributed by atoms with van der Waals surface area (Å²) < 4.78 is 0. The van der Waals surface area contributed by atoms with Crippen LogP contribution in [0.5, 0.6) is 0 Å². The second-order valence-electron chi connectivity index (χ2n) is 5.21. The van der Waals surface area contributed by atoms with Crippen LogP contribution in [-0.2, 0) is 6.54 Å². The van der Waals surface area contributed by atoms with Gasteiger partial charge in [0.15, 0.2) is 0 Å². The molecule has 2 heterocycles. The zero-order chi connectivity index (χ0) is 14.7. The van der Waals surface area contributed by atoms with Gasteiger partial charge >= 0.3 is 0 Å². The summed E-state index contributed by atoms with van der Waals surface area (Å²) in [4.78, 5) is 6.48. The molecule has 1 fully saturated rings. The Hall–Kier alpha value is -1.13. The summed E-state index contributed by atoms with van der Waals surface area (Å²) in [6.07, 6.45) is 3.49. The van der Waals surface area contributed by atoms with E-state index in [2.05, 4.69) is 21.3 Å². The third kappa shape index (κ3) is 3.55. The number of halogens is 2. The summed E-state index contributed by atoms with van der Waals surface area (Å²) in [6, 6.07) is 10.4. The third-order valence-electron chi connectivity index (χ3n) is 3.82. The minimum absolute atomic E-state index is 0.307. The predicted molar refractivity (Wildman–Crippen MR) is 86.7 cm³/mol. The normalized spacial score (nSPS) is 19.6. The van der Waals surface area contributed by atoms with E-state index in [4.69, 9.17) is 23.2 Å². The Kier molecular flexibility index (Phi) is 4.76. The van der Waals surface area contributed by atoms with E-state index in [-0.39, 0.29) is 0 Å². The van der Waals surface area contributed by atoms with Gasteiger partial charge in [-0.05, 0) is 29.3 Å². The average molecular weight is 322 g/mol. The highest BCUT2D eigenvalue weighted by molar-refractivity contribution is 6.31. The first-order valence-electron chi connectivity index (χ1n) is 7.02. The SMILES string of the molecule is Clc1cccc(C2CNCCN2Cc2ccncc2Cl)c1. The van der Waals surface area contributed by atoms with Crippen LogP contribution in [0.1, 0.15) is 17.2 Å². The fourth-order valence-corrected chi connectivity index (χ4v) is 3.11. The highest BCUT2D eigenvalue weighted by Gasteiger charge is 2.24. The molecule has 21 heavy (non-hydrogen) atoms. The minimum atomic E-state index is 0.307. The molecule has 1 atom stereocenters. The molecule has 3 rings (SSSR count). The molecule has 0 spiro atoms. The van der Waals surface area contributed by atoms with Crippen molar-refractivity contribution < 1.29 is 0 Å². The maximum Gasteiger partial charge on any atom is 0.0634 e. The summed E-state index contributed by atoms with van der Waals surface area (Å²) in [5.74, 6) is 0. The first-order valence-corrected chi connectivity index (χ1v) is 7.78. The van der Waals surface area contributed by atoms with Crippen LogP contribution in [0, 0.1) is 0 Å². The van der Waals surface area contributed by atoms with E-state index < -0.39 is 0 Å². The first kappa shape index (κ1) is 14.8. The Morgan fingerprint density at radius 2 is 2.19 bits per heavy atom. The van der Waals surface area contributed by atoms with Crippen molar-refractivity contribution in [2.45, 2.75) is 12.6 Å². The summed E-state index contributed by atoms with van der Waals surface area (Å²) in [7, 11) is 0. The topological polar surface area (TPSA) is 28.2 Å². The Balaban J connectivity index is 1.83. The van der Waals surface area contributed by atoms with Crippen LogP contribution in [0.3, 0.4) is 0 Å². The Morgan fingerprint density at radius 1 is 1.29 bits per heavy atom. The third-order valence-corrected chi connectivity index (χ3v) is 4.39. The molecule has 2 aromatic rings. The Labute approximate surface area is 134 Å². The predicted octanol–water partition coefficient (Wildman–Crippen LogP) is 3.53. The zero-order valence-corrected chi connectivity index (χ0v) is 13.1. The molecule has 1 aliphatic heterocycles. The van der Waals surface area contributed by atoms with E-state index in [0.29, 0.717) is 6.04 Å². The molecule has 3 nitrogen and oxygen atoms in total. The van der Waals surface area contributed by atoms with Crippen molar-refractivity contribution in [3.63, 3.8) is 0 Å². The second kappa shape index (κ2) is 6.75. The molecule has 1 saturated heterocycles. The summed E-state index contributed by atoms with van der Waals surface area (Å²) in [6.45, 7) is 3.71. The van der Waals surface area contributed by atoms with Gasteiger partial charge in [0.2, 0.25) is 0 Å². The average Bonchev–Trinajstić information content (AvgIpc) is 2.50. The number of hydrogen-bond donors (Lipinski definition) is 1. The lowest BCUT2D eigenvalue weighted by Crippen LogP contribution is -2.45. The lowest BCUT2D eigenvalue weighted by atomic mass is 10.0. The molecule has 1 unspecified atom stereocenters. The van der Waals surface area contributed by atoms with Gasteiger partial charge in [-0.3, -0.25) is 9.88 Å². The van der Waals surface area contributed by atoms with Crippen molar-refractivity contribution in [3.8, 4) is 0 Å². The summed E-state index contributed by atoms with van der Waals surface area (Å²) in [5.41, 5.74) is 2.35. The Morgan fingerprint density at radius 3 is 3.00 bits per heavy atom. The molecule has 5 heteroatoms. The molecule has 110 valence electrons. The van der Waals surface area contributed by atoms with E-state index in [0.717, 1.165) is 41.8 Å². The standard InChI is InChI=1S/C16H17Cl2N3/c17-14-3-1-2-12(8-14)16-10-20-6-7-21(16)11-13-4-5-19-9-15(13)18/h1-5,8-9,16,20H,6-7,10-11H2. The van der Waals surface area contributed by atoms with Gasteiger partial charge in [0.25, 0.3) is 0 Å². The van der Waals surface area contributed by atoms with Crippen molar-refractivity contribution in [2.75, 3.05) is 19.6 Å². The number of aromatic nitrogens is 1. The van der Waals surface area contributed by atoms with Crippen molar-refractivity contribution in [1.82, 2.24) is 15.2 Å². The Bertz CT molecular complexity index is 618. The maximum absolute atomic E-state index is 6.24. The molecular weight excluding hydrogens is 305 g/mol. The van der Waals surface area contributed by atoms with Crippen molar-refractivity contribution in [1.29, 1.82) is 0 Å². The van der Waals surface area contributed by atoms with Crippen LogP contribution in [-0.4, -0.2) is 29.5 Å². The van der Waals surface area contributed by atoms with Gasteiger partial charge in [-0.2, -0.15) is 0 Å².